The lowest BCUT2D eigenvalue weighted by Gasteiger charge is -2.37. The van der Waals surface area contributed by atoms with Crippen LogP contribution in [0, 0.1) is 0 Å². The summed E-state index contributed by atoms with van der Waals surface area (Å²) in [5.41, 5.74) is -5.95. The molecular formula is C14H19F3N2O8S2. The summed E-state index contributed by atoms with van der Waals surface area (Å²) >= 11 is 0. The first kappa shape index (κ1) is 24.7. The molecule has 0 aromatic carbocycles. The highest BCUT2D eigenvalue weighted by Crippen LogP contribution is 2.33. The van der Waals surface area contributed by atoms with E-state index in [1.165, 1.54) is 0 Å². The molecule has 0 spiro atoms. The molecule has 0 saturated carbocycles. The molecule has 0 aromatic heterocycles. The summed E-state index contributed by atoms with van der Waals surface area (Å²) < 4.78 is 97.1. The van der Waals surface area contributed by atoms with Gasteiger partial charge in [0.25, 0.3) is 21.7 Å². The number of carbonyl (C=O) groups excluding carboxylic acids is 2. The van der Waals surface area contributed by atoms with E-state index >= 15 is 0 Å². The van der Waals surface area contributed by atoms with E-state index in [1.54, 1.807) is 0 Å². The minimum absolute atomic E-state index is 0.0663. The molecule has 29 heavy (non-hydrogen) atoms. The van der Waals surface area contributed by atoms with Gasteiger partial charge in [0.05, 0.1) is 25.7 Å². The Hall–Kier alpha value is -2.29. The van der Waals surface area contributed by atoms with Crippen molar-refractivity contribution in [1.29, 1.82) is 0 Å². The van der Waals surface area contributed by atoms with Crippen molar-refractivity contribution in [3.8, 4) is 0 Å². The Morgan fingerprint density at radius 2 is 1.34 bits per heavy atom. The number of amides is 2. The molecule has 0 unspecified atom stereocenters. The van der Waals surface area contributed by atoms with Gasteiger partial charge in [-0.3, -0.25) is 9.59 Å². The van der Waals surface area contributed by atoms with Crippen LogP contribution >= 0.6 is 0 Å². The van der Waals surface area contributed by atoms with Gasteiger partial charge in [-0.2, -0.15) is 21.6 Å². The van der Waals surface area contributed by atoms with E-state index in [0.29, 0.717) is 0 Å². The first-order chi connectivity index (χ1) is 13.3. The molecule has 10 nitrogen and oxygen atoms in total. The van der Waals surface area contributed by atoms with Crippen molar-refractivity contribution < 1.29 is 49.1 Å². The highest BCUT2D eigenvalue weighted by atomic mass is 32.2. The Kier molecular flexibility index (Phi) is 8.08. The van der Waals surface area contributed by atoms with Gasteiger partial charge < -0.3 is 9.47 Å². The normalized spacial score (nSPS) is 17.9. The summed E-state index contributed by atoms with van der Waals surface area (Å²) in [7, 11) is -11.2. The summed E-state index contributed by atoms with van der Waals surface area (Å²) in [4.78, 5) is 24.7. The molecule has 0 N–H and O–H groups in total. The van der Waals surface area contributed by atoms with Crippen LogP contribution in [0.1, 0.15) is 12.8 Å². The molecule has 2 amide bonds. The van der Waals surface area contributed by atoms with Gasteiger partial charge in [-0.05, 0) is 0 Å². The van der Waals surface area contributed by atoms with Gasteiger partial charge in [0.2, 0.25) is 5.25 Å². The minimum Gasteiger partial charge on any atom is -0.502 e. The van der Waals surface area contributed by atoms with Crippen molar-refractivity contribution >= 4 is 31.9 Å². The van der Waals surface area contributed by atoms with Gasteiger partial charge in [0.1, 0.15) is 0 Å². The first-order valence-corrected chi connectivity index (χ1v) is 10.9. The highest BCUT2D eigenvalue weighted by molar-refractivity contribution is 7.95. The Labute approximate surface area is 165 Å². The smallest absolute Gasteiger partial charge is 0.498 e. The molecule has 1 aliphatic rings. The molecule has 1 fully saturated rings. The molecule has 1 saturated heterocycles. The number of sulfone groups is 1. The molecule has 0 bridgehead atoms. The third-order valence-electron chi connectivity index (χ3n) is 3.61. The SMILES string of the molecule is C=COCCCN1C(=O)C(S(=O)(=O)C(F)(F)F)C(=O)N(CCCOC=C)S1(=O)=O. The largest absolute Gasteiger partial charge is 0.502 e. The van der Waals surface area contributed by atoms with Crippen molar-refractivity contribution in [1.82, 2.24) is 8.61 Å². The number of rotatable bonds is 11. The van der Waals surface area contributed by atoms with Crippen LogP contribution in [0.5, 0.6) is 0 Å². The van der Waals surface area contributed by atoms with Crippen molar-refractivity contribution in [3.63, 3.8) is 0 Å². The molecule has 1 heterocycles. The zero-order chi connectivity index (χ0) is 22.5. The topological polar surface area (TPSA) is 127 Å². The number of alkyl halides is 3. The van der Waals surface area contributed by atoms with Gasteiger partial charge >= 0.3 is 15.7 Å². The second-order valence-corrected chi connectivity index (χ2v) is 9.28. The van der Waals surface area contributed by atoms with Crippen LogP contribution < -0.4 is 0 Å². The Balaban J connectivity index is 3.34. The van der Waals surface area contributed by atoms with Crippen molar-refractivity contribution in [2.45, 2.75) is 23.6 Å². The second-order valence-electron chi connectivity index (χ2n) is 5.48. The van der Waals surface area contributed by atoms with Crippen molar-refractivity contribution in [2.75, 3.05) is 26.3 Å². The molecule has 0 aromatic rings. The zero-order valence-electron chi connectivity index (χ0n) is 15.0. The van der Waals surface area contributed by atoms with E-state index in [9.17, 15) is 39.6 Å². The molecule has 0 aliphatic carbocycles. The average molecular weight is 464 g/mol. The van der Waals surface area contributed by atoms with E-state index in [-0.39, 0.29) is 34.7 Å². The number of halogens is 3. The highest BCUT2D eigenvalue weighted by Gasteiger charge is 2.63. The van der Waals surface area contributed by atoms with E-state index in [0.717, 1.165) is 12.5 Å². The Morgan fingerprint density at radius 3 is 1.66 bits per heavy atom. The van der Waals surface area contributed by atoms with Crippen LogP contribution in [0.25, 0.3) is 0 Å². The lowest BCUT2D eigenvalue weighted by molar-refractivity contribution is -0.138. The van der Waals surface area contributed by atoms with E-state index in [4.69, 9.17) is 9.47 Å². The molecule has 0 radical (unpaired) electrons. The third-order valence-corrected chi connectivity index (χ3v) is 7.12. The molecular weight excluding hydrogens is 445 g/mol. The summed E-state index contributed by atoms with van der Waals surface area (Å²) in [5.74, 6) is -3.99. The molecule has 1 aliphatic heterocycles. The summed E-state index contributed by atoms with van der Waals surface area (Å²) in [6, 6.07) is 0. The zero-order valence-corrected chi connectivity index (χ0v) is 16.6. The lowest BCUT2D eigenvalue weighted by atomic mass is 10.3. The second kappa shape index (κ2) is 9.47. The quantitative estimate of drug-likeness (QED) is 0.243. The fourth-order valence-electron chi connectivity index (χ4n) is 2.31. The lowest BCUT2D eigenvalue weighted by Crippen LogP contribution is -2.65. The van der Waals surface area contributed by atoms with E-state index in [1.807, 2.05) is 0 Å². The minimum atomic E-state index is -6.33. The van der Waals surface area contributed by atoms with Crippen LogP contribution in [0.15, 0.2) is 25.7 Å². The van der Waals surface area contributed by atoms with Crippen LogP contribution in [0.3, 0.4) is 0 Å². The molecule has 1 rings (SSSR count). The van der Waals surface area contributed by atoms with Gasteiger partial charge in [0.15, 0.2) is 0 Å². The number of hydrogen-bond acceptors (Lipinski definition) is 8. The average Bonchev–Trinajstić information content (AvgIpc) is 2.59. The van der Waals surface area contributed by atoms with Gasteiger partial charge in [-0.25, -0.2) is 17.0 Å². The molecule has 15 heteroatoms. The van der Waals surface area contributed by atoms with Crippen LogP contribution in [-0.4, -0.2) is 74.3 Å². The van der Waals surface area contributed by atoms with Gasteiger partial charge in [-0.1, -0.05) is 13.2 Å². The number of carbonyl (C=O) groups is 2. The standard InChI is InChI=1S/C14H19F3N2O8S2/c1-3-26-9-5-7-18-12(20)11(28(22,23)14(15,16)17)13(21)19(29(18,24)25)8-6-10-27-4-2/h3-4,11H,1-2,5-10H2. The number of nitrogens with zero attached hydrogens (tertiary/aromatic N) is 2. The van der Waals surface area contributed by atoms with E-state index < -0.39 is 55.7 Å². The predicted octanol–water partition coefficient (Wildman–Crippen LogP) is 0.306. The number of hydrogen-bond donors (Lipinski definition) is 0. The summed E-state index contributed by atoms with van der Waals surface area (Å²) in [5, 5.41) is -3.26. The molecule has 166 valence electrons. The summed E-state index contributed by atoms with van der Waals surface area (Å²) in [6.07, 6.45) is 1.66. The fraction of sp³-hybridized carbons (Fsp3) is 0.571. The van der Waals surface area contributed by atoms with E-state index in [2.05, 4.69) is 13.2 Å². The number of ether oxygens (including phenoxy) is 2. The monoisotopic (exact) mass is 464 g/mol. The molecule has 0 atom stereocenters. The van der Waals surface area contributed by atoms with Gasteiger partial charge in [-0.15, -0.1) is 0 Å². The van der Waals surface area contributed by atoms with Crippen LogP contribution in [-0.2, 0) is 39.1 Å². The van der Waals surface area contributed by atoms with Crippen LogP contribution in [0.4, 0.5) is 13.2 Å². The maximum atomic E-state index is 13.0. The van der Waals surface area contributed by atoms with Gasteiger partial charge in [0, 0.05) is 25.9 Å². The third kappa shape index (κ3) is 5.20. The predicted molar refractivity (Wildman–Crippen MR) is 92.6 cm³/mol. The van der Waals surface area contributed by atoms with Crippen molar-refractivity contribution in [2.24, 2.45) is 0 Å². The fourth-order valence-corrected chi connectivity index (χ4v) is 5.12. The van der Waals surface area contributed by atoms with Crippen LogP contribution in [0.2, 0.25) is 0 Å². The Morgan fingerprint density at radius 1 is 0.966 bits per heavy atom. The van der Waals surface area contributed by atoms with Crippen molar-refractivity contribution in [3.05, 3.63) is 25.7 Å². The Bertz CT molecular complexity index is 813. The summed E-state index contributed by atoms with van der Waals surface area (Å²) in [6.45, 7) is 4.76. The maximum Gasteiger partial charge on any atom is 0.498 e. The first-order valence-electron chi connectivity index (χ1n) is 7.97. The maximum absolute atomic E-state index is 13.0.